The molecule has 6 heteroatoms. The standard InChI is InChI=1S/C12H11N3O2S/c1-3-10-5-4-6-11(7-10)15-18(16,17)12-8-13-9(2)14-12/h1,4-8,15H,2H3,(H,13,14). The molecule has 0 saturated heterocycles. The maximum absolute atomic E-state index is 12.0. The van der Waals surface area contributed by atoms with Crippen LogP contribution in [0.25, 0.3) is 0 Å². The Bertz CT molecular complexity index is 711. The fourth-order valence-corrected chi connectivity index (χ4v) is 2.44. The molecule has 2 rings (SSSR count). The fourth-order valence-electron chi connectivity index (χ4n) is 1.42. The number of nitrogens with one attached hydrogen (secondary N) is 2. The van der Waals surface area contributed by atoms with Crippen molar-refractivity contribution < 1.29 is 8.42 Å². The summed E-state index contributed by atoms with van der Waals surface area (Å²) in [6.07, 6.45) is 6.52. The van der Waals surface area contributed by atoms with Gasteiger partial charge in [0.1, 0.15) is 5.82 Å². The van der Waals surface area contributed by atoms with E-state index in [1.54, 1.807) is 31.2 Å². The number of aromatic nitrogens is 2. The summed E-state index contributed by atoms with van der Waals surface area (Å²) in [5.41, 5.74) is 1.02. The second-order valence-electron chi connectivity index (χ2n) is 3.66. The van der Waals surface area contributed by atoms with E-state index in [4.69, 9.17) is 6.42 Å². The van der Waals surface area contributed by atoms with Gasteiger partial charge in [0.25, 0.3) is 10.0 Å². The van der Waals surface area contributed by atoms with Crippen LogP contribution in [0, 0.1) is 19.3 Å². The number of imidazole rings is 1. The fraction of sp³-hybridized carbons (Fsp3) is 0.0833. The average molecular weight is 261 g/mol. The SMILES string of the molecule is C#Cc1cccc(NS(=O)(=O)c2cnc(C)[nH]2)c1. The van der Waals surface area contributed by atoms with Crippen molar-refractivity contribution in [2.24, 2.45) is 0 Å². The molecule has 5 nitrogen and oxygen atoms in total. The largest absolute Gasteiger partial charge is 0.332 e. The molecule has 2 aromatic rings. The third-order valence-electron chi connectivity index (χ3n) is 2.25. The Balaban J connectivity index is 2.31. The van der Waals surface area contributed by atoms with E-state index in [2.05, 4.69) is 20.6 Å². The summed E-state index contributed by atoms with van der Waals surface area (Å²) in [5, 5.41) is 0.0195. The van der Waals surface area contributed by atoms with Crippen molar-refractivity contribution in [3.63, 3.8) is 0 Å². The minimum atomic E-state index is -3.65. The molecule has 0 amide bonds. The Morgan fingerprint density at radius 1 is 1.44 bits per heavy atom. The highest BCUT2D eigenvalue weighted by Gasteiger charge is 2.16. The molecule has 1 aromatic heterocycles. The third kappa shape index (κ3) is 2.52. The molecule has 0 bridgehead atoms. The van der Waals surface area contributed by atoms with Gasteiger partial charge in [-0.25, -0.2) is 4.98 Å². The first-order valence-corrected chi connectivity index (χ1v) is 6.61. The first kappa shape index (κ1) is 12.2. The van der Waals surface area contributed by atoms with Crippen LogP contribution >= 0.6 is 0 Å². The number of aromatic amines is 1. The predicted molar refractivity (Wildman–Crippen MR) is 68.5 cm³/mol. The topological polar surface area (TPSA) is 74.8 Å². The highest BCUT2D eigenvalue weighted by molar-refractivity contribution is 7.92. The van der Waals surface area contributed by atoms with Crippen molar-refractivity contribution in [2.45, 2.75) is 11.9 Å². The van der Waals surface area contributed by atoms with Gasteiger partial charge >= 0.3 is 0 Å². The summed E-state index contributed by atoms with van der Waals surface area (Å²) in [6, 6.07) is 6.62. The van der Waals surface area contributed by atoms with Gasteiger partial charge in [0.2, 0.25) is 0 Å². The van der Waals surface area contributed by atoms with E-state index in [0.29, 0.717) is 17.1 Å². The summed E-state index contributed by atoms with van der Waals surface area (Å²) < 4.78 is 26.4. The Morgan fingerprint density at radius 3 is 2.83 bits per heavy atom. The van der Waals surface area contributed by atoms with Crippen LogP contribution in [0.15, 0.2) is 35.5 Å². The van der Waals surface area contributed by atoms with Crippen molar-refractivity contribution in [3.05, 3.63) is 41.9 Å². The summed E-state index contributed by atoms with van der Waals surface area (Å²) in [6.45, 7) is 1.68. The zero-order chi connectivity index (χ0) is 13.2. The molecule has 0 saturated carbocycles. The Labute approximate surface area is 105 Å². The summed E-state index contributed by atoms with van der Waals surface area (Å²) in [4.78, 5) is 6.51. The highest BCUT2D eigenvalue weighted by Crippen LogP contribution is 2.15. The predicted octanol–water partition coefficient (Wildman–Crippen LogP) is 1.50. The van der Waals surface area contributed by atoms with Gasteiger partial charge in [-0.3, -0.25) is 4.72 Å². The summed E-state index contributed by atoms with van der Waals surface area (Å²) in [5.74, 6) is 2.98. The van der Waals surface area contributed by atoms with E-state index in [1.807, 2.05) is 0 Å². The average Bonchev–Trinajstić information content (AvgIpc) is 2.76. The maximum Gasteiger partial charge on any atom is 0.278 e. The zero-order valence-electron chi connectivity index (χ0n) is 9.64. The van der Waals surface area contributed by atoms with E-state index in [1.165, 1.54) is 6.20 Å². The van der Waals surface area contributed by atoms with Gasteiger partial charge in [-0.05, 0) is 25.1 Å². The van der Waals surface area contributed by atoms with E-state index < -0.39 is 10.0 Å². The molecule has 0 atom stereocenters. The monoisotopic (exact) mass is 261 g/mol. The van der Waals surface area contributed by atoms with Crippen LogP contribution in [0.3, 0.4) is 0 Å². The number of aryl methyl sites for hydroxylation is 1. The molecule has 0 radical (unpaired) electrons. The van der Waals surface area contributed by atoms with Crippen LogP contribution in [0.5, 0.6) is 0 Å². The Kier molecular flexibility index (Phi) is 3.08. The quantitative estimate of drug-likeness (QED) is 0.822. The third-order valence-corrected chi connectivity index (χ3v) is 3.54. The number of sulfonamides is 1. The molecule has 0 aliphatic heterocycles. The number of rotatable bonds is 3. The molecule has 0 aliphatic carbocycles. The van der Waals surface area contributed by atoms with Gasteiger partial charge < -0.3 is 4.98 Å². The Morgan fingerprint density at radius 2 is 2.22 bits per heavy atom. The number of hydrogen-bond donors (Lipinski definition) is 2. The molecule has 0 spiro atoms. The molecule has 0 unspecified atom stereocenters. The highest BCUT2D eigenvalue weighted by atomic mass is 32.2. The molecule has 1 heterocycles. The Hall–Kier alpha value is -2.26. The van der Waals surface area contributed by atoms with Crippen LogP contribution in [-0.4, -0.2) is 18.4 Å². The van der Waals surface area contributed by atoms with E-state index >= 15 is 0 Å². The minimum Gasteiger partial charge on any atom is -0.332 e. The molecule has 2 N–H and O–H groups in total. The number of hydrogen-bond acceptors (Lipinski definition) is 3. The number of terminal acetylenes is 1. The lowest BCUT2D eigenvalue weighted by atomic mass is 10.2. The van der Waals surface area contributed by atoms with Gasteiger partial charge in [0.05, 0.1) is 11.9 Å². The molecular weight excluding hydrogens is 250 g/mol. The van der Waals surface area contributed by atoms with E-state index in [0.717, 1.165) is 0 Å². The van der Waals surface area contributed by atoms with Crippen molar-refractivity contribution >= 4 is 15.7 Å². The minimum absolute atomic E-state index is 0.0195. The van der Waals surface area contributed by atoms with Crippen molar-refractivity contribution in [3.8, 4) is 12.3 Å². The second kappa shape index (κ2) is 4.55. The second-order valence-corrected chi connectivity index (χ2v) is 5.31. The number of benzene rings is 1. The lowest BCUT2D eigenvalue weighted by molar-refractivity contribution is 0.598. The van der Waals surface area contributed by atoms with Crippen LogP contribution in [0.2, 0.25) is 0 Å². The summed E-state index contributed by atoms with van der Waals surface area (Å²) >= 11 is 0. The van der Waals surface area contributed by atoms with Crippen LogP contribution in [0.1, 0.15) is 11.4 Å². The molecule has 92 valence electrons. The van der Waals surface area contributed by atoms with E-state index in [-0.39, 0.29) is 5.03 Å². The number of H-pyrrole nitrogens is 1. The van der Waals surface area contributed by atoms with E-state index in [9.17, 15) is 8.42 Å². The lowest BCUT2D eigenvalue weighted by Crippen LogP contribution is -2.13. The smallest absolute Gasteiger partial charge is 0.278 e. The maximum atomic E-state index is 12.0. The number of nitrogens with zero attached hydrogens (tertiary/aromatic N) is 1. The van der Waals surface area contributed by atoms with Crippen molar-refractivity contribution in [2.75, 3.05) is 4.72 Å². The summed E-state index contributed by atoms with van der Waals surface area (Å²) in [7, 11) is -3.65. The van der Waals surface area contributed by atoms with Crippen LogP contribution in [-0.2, 0) is 10.0 Å². The molecule has 0 fully saturated rings. The van der Waals surface area contributed by atoms with Gasteiger partial charge in [0.15, 0.2) is 5.03 Å². The molecule has 1 aromatic carbocycles. The first-order chi connectivity index (χ1) is 8.51. The van der Waals surface area contributed by atoms with Gasteiger partial charge in [-0.2, -0.15) is 8.42 Å². The molecule has 18 heavy (non-hydrogen) atoms. The van der Waals surface area contributed by atoms with Gasteiger partial charge in [-0.15, -0.1) is 6.42 Å². The van der Waals surface area contributed by atoms with Crippen molar-refractivity contribution in [1.82, 2.24) is 9.97 Å². The van der Waals surface area contributed by atoms with Crippen molar-refractivity contribution in [1.29, 1.82) is 0 Å². The van der Waals surface area contributed by atoms with Crippen LogP contribution < -0.4 is 4.72 Å². The van der Waals surface area contributed by atoms with Crippen LogP contribution in [0.4, 0.5) is 5.69 Å². The zero-order valence-corrected chi connectivity index (χ0v) is 10.5. The lowest BCUT2D eigenvalue weighted by Gasteiger charge is -2.06. The number of anilines is 1. The normalized spacial score (nSPS) is 10.9. The van der Waals surface area contributed by atoms with Gasteiger partial charge in [0, 0.05) is 5.56 Å². The molecule has 0 aliphatic rings. The first-order valence-electron chi connectivity index (χ1n) is 5.12. The van der Waals surface area contributed by atoms with Gasteiger partial charge in [-0.1, -0.05) is 12.0 Å². The molecular formula is C12H11N3O2S.